The number of benzene rings is 2. The number of anilines is 1. The molecule has 0 aliphatic carbocycles. The van der Waals surface area contributed by atoms with Crippen LogP contribution in [0.25, 0.3) is 6.08 Å². The van der Waals surface area contributed by atoms with E-state index in [9.17, 15) is 4.79 Å². The molecular weight excluding hydrogens is 326 g/mol. The van der Waals surface area contributed by atoms with Crippen LogP contribution in [0.1, 0.15) is 5.76 Å². The summed E-state index contributed by atoms with van der Waals surface area (Å²) < 4.78 is 10.9. The van der Waals surface area contributed by atoms with Gasteiger partial charge in [-0.05, 0) is 42.5 Å². The van der Waals surface area contributed by atoms with E-state index in [0.717, 1.165) is 0 Å². The molecular formula is C19H14ClNO3. The van der Waals surface area contributed by atoms with E-state index in [1.54, 1.807) is 48.7 Å². The number of hydrogen-bond acceptors (Lipinski definition) is 3. The Bertz CT molecular complexity index is 857. The van der Waals surface area contributed by atoms with Gasteiger partial charge in [0, 0.05) is 6.08 Å². The summed E-state index contributed by atoms with van der Waals surface area (Å²) >= 11 is 6.11. The third-order valence-electron chi connectivity index (χ3n) is 3.14. The predicted octanol–water partition coefficient (Wildman–Crippen LogP) is 5.38. The maximum atomic E-state index is 12.1. The van der Waals surface area contributed by atoms with E-state index < -0.39 is 0 Å². The van der Waals surface area contributed by atoms with Crippen LogP contribution in [-0.2, 0) is 4.79 Å². The Hall–Kier alpha value is -2.98. The van der Waals surface area contributed by atoms with Crippen LogP contribution in [0.5, 0.6) is 11.5 Å². The molecule has 0 saturated carbocycles. The van der Waals surface area contributed by atoms with E-state index in [0.29, 0.717) is 28.0 Å². The van der Waals surface area contributed by atoms with Gasteiger partial charge in [0.2, 0.25) is 5.91 Å². The number of ether oxygens (including phenoxy) is 1. The van der Waals surface area contributed by atoms with Crippen molar-refractivity contribution in [1.29, 1.82) is 0 Å². The summed E-state index contributed by atoms with van der Waals surface area (Å²) in [4.78, 5) is 12.1. The first-order valence-electron chi connectivity index (χ1n) is 7.26. The normalized spacial score (nSPS) is 10.7. The summed E-state index contributed by atoms with van der Waals surface area (Å²) in [5.74, 6) is 1.34. The molecule has 2 aromatic carbocycles. The van der Waals surface area contributed by atoms with Gasteiger partial charge < -0.3 is 14.5 Å². The van der Waals surface area contributed by atoms with Crippen molar-refractivity contribution < 1.29 is 13.9 Å². The Morgan fingerprint density at radius 1 is 1.00 bits per heavy atom. The van der Waals surface area contributed by atoms with Crippen LogP contribution in [-0.4, -0.2) is 5.91 Å². The first-order valence-corrected chi connectivity index (χ1v) is 7.64. The van der Waals surface area contributed by atoms with Crippen LogP contribution >= 0.6 is 11.6 Å². The van der Waals surface area contributed by atoms with Gasteiger partial charge in [0.05, 0.1) is 17.0 Å². The van der Waals surface area contributed by atoms with Crippen molar-refractivity contribution in [2.75, 3.05) is 5.32 Å². The number of rotatable bonds is 5. The number of furan rings is 1. The number of hydrogen-bond donors (Lipinski definition) is 1. The van der Waals surface area contributed by atoms with Crippen LogP contribution in [0.4, 0.5) is 5.69 Å². The largest absolute Gasteiger partial charge is 0.465 e. The van der Waals surface area contributed by atoms with Crippen molar-refractivity contribution >= 4 is 29.3 Å². The highest BCUT2D eigenvalue weighted by Gasteiger charge is 2.08. The van der Waals surface area contributed by atoms with E-state index in [-0.39, 0.29) is 5.91 Å². The van der Waals surface area contributed by atoms with Crippen molar-refractivity contribution in [2.45, 2.75) is 0 Å². The fourth-order valence-electron chi connectivity index (χ4n) is 2.02. The minimum atomic E-state index is -0.290. The molecule has 1 N–H and O–H groups in total. The molecule has 0 bridgehead atoms. The lowest BCUT2D eigenvalue weighted by atomic mass is 10.2. The molecule has 0 aliphatic heterocycles. The Morgan fingerprint density at radius 3 is 2.50 bits per heavy atom. The third kappa shape index (κ3) is 4.06. The van der Waals surface area contributed by atoms with Gasteiger partial charge in [-0.3, -0.25) is 4.79 Å². The highest BCUT2D eigenvalue weighted by molar-refractivity contribution is 6.32. The molecule has 5 heteroatoms. The molecule has 0 saturated heterocycles. The SMILES string of the molecule is O=C(/C=C/c1ccco1)Nc1ccccc1Oc1ccccc1Cl. The molecule has 0 fully saturated rings. The highest BCUT2D eigenvalue weighted by atomic mass is 35.5. The van der Waals surface area contributed by atoms with Crippen LogP contribution in [0.3, 0.4) is 0 Å². The Kier molecular flexibility index (Phi) is 4.99. The van der Waals surface area contributed by atoms with Crippen molar-refractivity contribution in [1.82, 2.24) is 0 Å². The molecule has 24 heavy (non-hydrogen) atoms. The van der Waals surface area contributed by atoms with Gasteiger partial charge in [-0.25, -0.2) is 0 Å². The standard InChI is InChI=1S/C19H14ClNO3/c20-15-7-1-3-9-17(15)24-18-10-4-2-8-16(18)21-19(22)12-11-14-6-5-13-23-14/h1-13H,(H,21,22)/b12-11+. The molecule has 3 aromatic rings. The molecule has 0 unspecified atom stereocenters. The average molecular weight is 340 g/mol. The number of carbonyl (C=O) groups excluding carboxylic acids is 1. The van der Waals surface area contributed by atoms with E-state index in [2.05, 4.69) is 5.32 Å². The third-order valence-corrected chi connectivity index (χ3v) is 3.46. The lowest BCUT2D eigenvalue weighted by Crippen LogP contribution is -2.08. The molecule has 120 valence electrons. The minimum Gasteiger partial charge on any atom is -0.465 e. The second-order valence-corrected chi connectivity index (χ2v) is 5.27. The molecule has 1 amide bonds. The minimum absolute atomic E-state index is 0.290. The van der Waals surface area contributed by atoms with Crippen LogP contribution in [0, 0.1) is 0 Å². The summed E-state index contributed by atoms with van der Waals surface area (Å²) in [7, 11) is 0. The maximum Gasteiger partial charge on any atom is 0.248 e. The second kappa shape index (κ2) is 7.53. The lowest BCUT2D eigenvalue weighted by Gasteiger charge is -2.12. The fourth-order valence-corrected chi connectivity index (χ4v) is 2.20. The van der Waals surface area contributed by atoms with Crippen LogP contribution in [0.2, 0.25) is 5.02 Å². The number of carbonyl (C=O) groups is 1. The van der Waals surface area contributed by atoms with E-state index in [4.69, 9.17) is 20.8 Å². The zero-order chi connectivity index (χ0) is 16.8. The molecule has 0 atom stereocenters. The van der Waals surface area contributed by atoms with Gasteiger partial charge in [0.15, 0.2) is 5.75 Å². The molecule has 3 rings (SSSR count). The Morgan fingerprint density at radius 2 is 1.75 bits per heavy atom. The molecule has 1 aromatic heterocycles. The van der Waals surface area contributed by atoms with Crippen molar-refractivity contribution in [3.63, 3.8) is 0 Å². The second-order valence-electron chi connectivity index (χ2n) is 4.87. The summed E-state index contributed by atoms with van der Waals surface area (Å²) in [6.45, 7) is 0. The molecule has 1 heterocycles. The summed E-state index contributed by atoms with van der Waals surface area (Å²) in [5, 5.41) is 3.27. The van der Waals surface area contributed by atoms with E-state index in [1.807, 2.05) is 24.3 Å². The Labute approximate surface area is 144 Å². The quantitative estimate of drug-likeness (QED) is 0.635. The Balaban J connectivity index is 1.74. The molecule has 4 nitrogen and oxygen atoms in total. The number of nitrogens with one attached hydrogen (secondary N) is 1. The van der Waals surface area contributed by atoms with Crippen LogP contribution < -0.4 is 10.1 Å². The first kappa shape index (κ1) is 15.9. The van der Waals surface area contributed by atoms with Gasteiger partial charge in [0.25, 0.3) is 0 Å². The van der Waals surface area contributed by atoms with Gasteiger partial charge in [-0.2, -0.15) is 0 Å². The first-order chi connectivity index (χ1) is 11.7. The highest BCUT2D eigenvalue weighted by Crippen LogP contribution is 2.33. The summed E-state index contributed by atoms with van der Waals surface area (Å²) in [6, 6.07) is 17.8. The van der Waals surface area contributed by atoms with Gasteiger partial charge in [-0.1, -0.05) is 35.9 Å². The number of halogens is 1. The van der Waals surface area contributed by atoms with Gasteiger partial charge in [-0.15, -0.1) is 0 Å². The van der Waals surface area contributed by atoms with Crippen molar-refractivity contribution in [2.24, 2.45) is 0 Å². The van der Waals surface area contributed by atoms with E-state index in [1.165, 1.54) is 6.08 Å². The van der Waals surface area contributed by atoms with E-state index >= 15 is 0 Å². The molecule has 0 radical (unpaired) electrons. The van der Waals surface area contributed by atoms with Gasteiger partial charge in [0.1, 0.15) is 11.5 Å². The molecule has 0 aliphatic rings. The molecule has 0 spiro atoms. The zero-order valence-corrected chi connectivity index (χ0v) is 13.4. The summed E-state index contributed by atoms with van der Waals surface area (Å²) in [6.07, 6.45) is 4.53. The predicted molar refractivity (Wildman–Crippen MR) is 94.3 cm³/mol. The smallest absolute Gasteiger partial charge is 0.248 e. The average Bonchev–Trinajstić information content (AvgIpc) is 3.10. The number of para-hydroxylation sites is 3. The number of amides is 1. The van der Waals surface area contributed by atoms with Crippen LogP contribution in [0.15, 0.2) is 77.4 Å². The fraction of sp³-hybridized carbons (Fsp3) is 0. The van der Waals surface area contributed by atoms with Crippen molar-refractivity contribution in [3.8, 4) is 11.5 Å². The lowest BCUT2D eigenvalue weighted by molar-refractivity contribution is -0.111. The topological polar surface area (TPSA) is 51.5 Å². The summed E-state index contributed by atoms with van der Waals surface area (Å²) in [5.41, 5.74) is 0.548. The monoisotopic (exact) mass is 339 g/mol. The zero-order valence-electron chi connectivity index (χ0n) is 12.6. The maximum absolute atomic E-state index is 12.1. The van der Waals surface area contributed by atoms with Gasteiger partial charge >= 0.3 is 0 Å². The van der Waals surface area contributed by atoms with Crippen molar-refractivity contribution in [3.05, 3.63) is 83.8 Å².